The molecule has 0 spiro atoms. The van der Waals surface area contributed by atoms with E-state index in [-0.39, 0.29) is 11.6 Å². The highest BCUT2D eigenvalue weighted by atomic mass is 16.3. The van der Waals surface area contributed by atoms with Crippen molar-refractivity contribution in [3.63, 3.8) is 0 Å². The van der Waals surface area contributed by atoms with Crippen molar-refractivity contribution in [2.24, 2.45) is 0 Å². The molecule has 11 heavy (non-hydrogen) atoms. The largest absolute Gasteiger partial charge is 0.440 e. The highest BCUT2D eigenvalue weighted by Gasteiger charge is 2.06. The van der Waals surface area contributed by atoms with Gasteiger partial charge in [-0.2, -0.15) is 4.98 Å². The Bertz CT molecular complexity index is 218. The number of hydrogen-bond acceptors (Lipinski definition) is 3. The third-order valence-corrected chi connectivity index (χ3v) is 1.16. The van der Waals surface area contributed by atoms with Gasteiger partial charge < -0.3 is 9.73 Å². The molecule has 1 aromatic rings. The summed E-state index contributed by atoms with van der Waals surface area (Å²) in [4.78, 5) is 14.6. The molecule has 1 amide bonds. The molecule has 0 aromatic carbocycles. The maximum Gasteiger partial charge on any atom is 0.284 e. The Morgan fingerprint density at radius 1 is 1.91 bits per heavy atom. The SMILES string of the molecule is CCCNC(=O)c1co[c]n1. The molecule has 1 heterocycles. The van der Waals surface area contributed by atoms with Crippen LogP contribution >= 0.6 is 0 Å². The van der Waals surface area contributed by atoms with E-state index in [1.54, 1.807) is 0 Å². The maximum absolute atomic E-state index is 11.0. The van der Waals surface area contributed by atoms with Crippen LogP contribution in [0.4, 0.5) is 0 Å². The zero-order chi connectivity index (χ0) is 8.10. The number of carbonyl (C=O) groups excluding carboxylic acids is 1. The number of nitrogens with one attached hydrogen (secondary N) is 1. The van der Waals surface area contributed by atoms with Crippen LogP contribution < -0.4 is 5.32 Å². The number of aromatic nitrogens is 1. The van der Waals surface area contributed by atoms with E-state index in [2.05, 4.69) is 21.1 Å². The number of oxazole rings is 1. The highest BCUT2D eigenvalue weighted by molar-refractivity contribution is 5.91. The van der Waals surface area contributed by atoms with Crippen LogP contribution in [0.1, 0.15) is 23.8 Å². The van der Waals surface area contributed by atoms with Gasteiger partial charge >= 0.3 is 0 Å². The highest BCUT2D eigenvalue weighted by Crippen LogP contribution is 1.92. The molecule has 0 saturated carbocycles. The summed E-state index contributed by atoms with van der Waals surface area (Å²) in [5.41, 5.74) is 0.276. The average Bonchev–Trinajstić information content (AvgIpc) is 2.52. The Balaban J connectivity index is 2.43. The van der Waals surface area contributed by atoms with Gasteiger partial charge in [-0.05, 0) is 6.42 Å². The zero-order valence-electron chi connectivity index (χ0n) is 6.26. The van der Waals surface area contributed by atoms with Gasteiger partial charge in [0.25, 0.3) is 12.3 Å². The van der Waals surface area contributed by atoms with E-state index in [4.69, 9.17) is 0 Å². The molecule has 1 aromatic heterocycles. The summed E-state index contributed by atoms with van der Waals surface area (Å²) in [6.45, 7) is 2.64. The molecule has 59 valence electrons. The van der Waals surface area contributed by atoms with Gasteiger partial charge in [-0.1, -0.05) is 6.92 Å². The Morgan fingerprint density at radius 2 is 2.73 bits per heavy atom. The van der Waals surface area contributed by atoms with Crippen molar-refractivity contribution in [2.45, 2.75) is 13.3 Å². The minimum absolute atomic E-state index is 0.211. The normalized spacial score (nSPS) is 9.55. The topological polar surface area (TPSA) is 55.1 Å². The fourth-order valence-electron chi connectivity index (χ4n) is 0.617. The minimum Gasteiger partial charge on any atom is -0.440 e. The van der Waals surface area contributed by atoms with Gasteiger partial charge in [0, 0.05) is 6.54 Å². The van der Waals surface area contributed by atoms with E-state index < -0.39 is 0 Å². The van der Waals surface area contributed by atoms with Gasteiger partial charge in [0.2, 0.25) is 0 Å². The smallest absolute Gasteiger partial charge is 0.284 e. The summed E-state index contributed by atoms with van der Waals surface area (Å²) in [6.07, 6.45) is 4.38. The molecule has 1 rings (SSSR count). The molecule has 0 saturated heterocycles. The van der Waals surface area contributed by atoms with Crippen LogP contribution in [0.5, 0.6) is 0 Å². The van der Waals surface area contributed by atoms with Crippen molar-refractivity contribution in [1.29, 1.82) is 0 Å². The summed E-state index contributed by atoms with van der Waals surface area (Å²) in [5, 5.41) is 2.65. The summed E-state index contributed by atoms with van der Waals surface area (Å²) in [5.74, 6) is -0.211. The molecule has 0 unspecified atom stereocenters. The first-order valence-electron chi connectivity index (χ1n) is 3.44. The Kier molecular flexibility index (Phi) is 2.66. The fourth-order valence-corrected chi connectivity index (χ4v) is 0.617. The number of hydrogen-bond donors (Lipinski definition) is 1. The van der Waals surface area contributed by atoms with Gasteiger partial charge in [-0.25, -0.2) is 0 Å². The van der Waals surface area contributed by atoms with E-state index in [9.17, 15) is 4.79 Å². The predicted octanol–water partition coefficient (Wildman–Crippen LogP) is 0.615. The van der Waals surface area contributed by atoms with E-state index in [0.29, 0.717) is 6.54 Å². The number of amides is 1. The summed E-state index contributed by atoms with van der Waals surface area (Å²) < 4.78 is 4.52. The van der Waals surface area contributed by atoms with Gasteiger partial charge in [-0.3, -0.25) is 4.79 Å². The second-order valence-electron chi connectivity index (χ2n) is 2.08. The Morgan fingerprint density at radius 3 is 3.27 bits per heavy atom. The first-order valence-corrected chi connectivity index (χ1v) is 3.44. The molecule has 1 N–H and O–H groups in total. The van der Waals surface area contributed by atoms with E-state index in [1.807, 2.05) is 6.92 Å². The van der Waals surface area contributed by atoms with Crippen molar-refractivity contribution in [3.8, 4) is 0 Å². The van der Waals surface area contributed by atoms with E-state index in [0.717, 1.165) is 6.42 Å². The van der Waals surface area contributed by atoms with Gasteiger partial charge in [-0.15, -0.1) is 0 Å². The lowest BCUT2D eigenvalue weighted by Crippen LogP contribution is -2.24. The van der Waals surface area contributed by atoms with Crippen LogP contribution in [0, 0.1) is 6.39 Å². The fraction of sp³-hybridized carbons (Fsp3) is 0.429. The van der Waals surface area contributed by atoms with Crippen LogP contribution in [0.2, 0.25) is 0 Å². The quantitative estimate of drug-likeness (QED) is 0.692. The first-order chi connectivity index (χ1) is 5.34. The molecule has 0 aliphatic carbocycles. The Hall–Kier alpha value is -1.32. The second kappa shape index (κ2) is 3.75. The molecule has 0 aliphatic heterocycles. The van der Waals surface area contributed by atoms with Crippen molar-refractivity contribution >= 4 is 5.91 Å². The zero-order valence-corrected chi connectivity index (χ0v) is 6.26. The summed E-state index contributed by atoms with van der Waals surface area (Å²) >= 11 is 0. The van der Waals surface area contributed by atoms with Crippen molar-refractivity contribution in [1.82, 2.24) is 10.3 Å². The van der Waals surface area contributed by atoms with Gasteiger partial charge in [0.15, 0.2) is 5.69 Å². The molecular weight excluding hydrogens is 144 g/mol. The van der Waals surface area contributed by atoms with Crippen LogP contribution in [0.15, 0.2) is 10.7 Å². The van der Waals surface area contributed by atoms with Crippen molar-refractivity contribution in [3.05, 3.63) is 18.4 Å². The molecule has 0 atom stereocenters. The maximum atomic E-state index is 11.0. The van der Waals surface area contributed by atoms with E-state index >= 15 is 0 Å². The third kappa shape index (κ3) is 2.07. The monoisotopic (exact) mass is 153 g/mol. The van der Waals surface area contributed by atoms with E-state index in [1.165, 1.54) is 6.26 Å². The average molecular weight is 153 g/mol. The summed E-state index contributed by atoms with van der Waals surface area (Å²) in [7, 11) is 0. The lowest BCUT2D eigenvalue weighted by Gasteiger charge is -1.97. The Labute approximate surface area is 64.6 Å². The second-order valence-corrected chi connectivity index (χ2v) is 2.08. The van der Waals surface area contributed by atoms with Crippen LogP contribution in [-0.2, 0) is 0 Å². The molecule has 0 bridgehead atoms. The number of nitrogens with zero attached hydrogens (tertiary/aromatic N) is 1. The third-order valence-electron chi connectivity index (χ3n) is 1.16. The van der Waals surface area contributed by atoms with Gasteiger partial charge in [0.1, 0.15) is 6.26 Å². The van der Waals surface area contributed by atoms with Crippen molar-refractivity contribution < 1.29 is 9.21 Å². The summed E-state index contributed by atoms with van der Waals surface area (Å²) in [6, 6.07) is 0. The van der Waals surface area contributed by atoms with Crippen LogP contribution in [0.3, 0.4) is 0 Å². The minimum atomic E-state index is -0.211. The van der Waals surface area contributed by atoms with Gasteiger partial charge in [0.05, 0.1) is 0 Å². The molecule has 0 fully saturated rings. The first kappa shape index (κ1) is 7.78. The van der Waals surface area contributed by atoms with Crippen molar-refractivity contribution in [2.75, 3.05) is 6.54 Å². The number of rotatable bonds is 3. The molecule has 4 heteroatoms. The standard InChI is InChI=1S/C7H9N2O2/c1-2-3-8-7(10)6-4-11-5-9-6/h4H,2-3H2,1H3,(H,8,10). The van der Waals surface area contributed by atoms with Crippen LogP contribution in [0.25, 0.3) is 0 Å². The number of carbonyl (C=O) groups is 1. The lowest BCUT2D eigenvalue weighted by molar-refractivity contribution is 0.0948. The van der Waals surface area contributed by atoms with Crippen LogP contribution in [-0.4, -0.2) is 17.4 Å². The molecule has 0 aliphatic rings. The molecule has 4 nitrogen and oxygen atoms in total. The predicted molar refractivity (Wildman–Crippen MR) is 38.0 cm³/mol. The molecule has 1 radical (unpaired) electrons. The lowest BCUT2D eigenvalue weighted by atomic mass is 10.4. The molecular formula is C7H9N2O2.